The predicted molar refractivity (Wildman–Crippen MR) is 46.7 cm³/mol. The summed E-state index contributed by atoms with van der Waals surface area (Å²) >= 11 is 0. The molecule has 0 aromatic carbocycles. The van der Waals surface area contributed by atoms with Crippen molar-refractivity contribution in [1.82, 2.24) is 4.98 Å². The van der Waals surface area contributed by atoms with E-state index in [9.17, 15) is 0 Å². The fourth-order valence-electron chi connectivity index (χ4n) is 1.05. The molecule has 2 aromatic heterocycles. The van der Waals surface area contributed by atoms with Gasteiger partial charge in [-0.15, -0.1) is 0 Å². The third-order valence-electron chi connectivity index (χ3n) is 1.73. The summed E-state index contributed by atoms with van der Waals surface area (Å²) in [7, 11) is 0. The molecule has 12 heavy (non-hydrogen) atoms. The summed E-state index contributed by atoms with van der Waals surface area (Å²) in [5.41, 5.74) is 3.14. The van der Waals surface area contributed by atoms with Crippen LogP contribution in [-0.2, 0) is 0 Å². The average Bonchev–Trinajstić information content (AvgIpc) is 2.58. The summed E-state index contributed by atoms with van der Waals surface area (Å²) in [5.74, 6) is 0. The van der Waals surface area contributed by atoms with E-state index in [4.69, 9.17) is 4.42 Å². The maximum atomic E-state index is 4.96. The van der Waals surface area contributed by atoms with Gasteiger partial charge in [-0.25, -0.2) is 0 Å². The molecule has 0 fully saturated rings. The van der Waals surface area contributed by atoms with Crippen molar-refractivity contribution in [1.29, 1.82) is 0 Å². The highest BCUT2D eigenvalue weighted by molar-refractivity contribution is 5.56. The van der Waals surface area contributed by atoms with E-state index in [1.165, 1.54) is 5.56 Å². The Hall–Kier alpha value is -1.57. The first kappa shape index (κ1) is 7.10. The van der Waals surface area contributed by atoms with Crippen molar-refractivity contribution in [2.24, 2.45) is 0 Å². The Labute approximate surface area is 70.9 Å². The Morgan fingerprint density at radius 2 is 2.17 bits per heavy atom. The highest BCUT2D eigenvalue weighted by Crippen LogP contribution is 2.16. The third-order valence-corrected chi connectivity index (χ3v) is 1.73. The molecule has 0 aliphatic heterocycles. The van der Waals surface area contributed by atoms with Crippen molar-refractivity contribution in [3.8, 4) is 11.3 Å². The van der Waals surface area contributed by atoms with Gasteiger partial charge in [0, 0.05) is 11.8 Å². The average molecular weight is 159 g/mol. The van der Waals surface area contributed by atoms with Crippen molar-refractivity contribution >= 4 is 0 Å². The van der Waals surface area contributed by atoms with Crippen LogP contribution in [0.5, 0.6) is 0 Å². The van der Waals surface area contributed by atoms with Crippen LogP contribution in [0.15, 0.2) is 41.3 Å². The topological polar surface area (TPSA) is 26.0 Å². The molecule has 0 aliphatic rings. The first-order valence-electron chi connectivity index (χ1n) is 3.81. The lowest BCUT2D eigenvalue weighted by Gasteiger charge is -1.95. The number of aromatic nitrogens is 1. The van der Waals surface area contributed by atoms with E-state index in [1.807, 2.05) is 31.3 Å². The second kappa shape index (κ2) is 2.81. The minimum atomic E-state index is 0.953. The highest BCUT2D eigenvalue weighted by Gasteiger charge is 1.98. The lowest BCUT2D eigenvalue weighted by molar-refractivity contribution is 0.568. The summed E-state index contributed by atoms with van der Waals surface area (Å²) in [6.07, 6.45) is 5.19. The van der Waals surface area contributed by atoms with Crippen molar-refractivity contribution in [3.63, 3.8) is 0 Å². The zero-order chi connectivity index (χ0) is 8.39. The Morgan fingerprint density at radius 3 is 2.75 bits per heavy atom. The normalized spacial score (nSPS) is 10.1. The van der Waals surface area contributed by atoms with E-state index in [-0.39, 0.29) is 0 Å². The highest BCUT2D eigenvalue weighted by atomic mass is 16.3. The molecule has 0 radical (unpaired) electrons. The number of furan rings is 1. The molecule has 0 saturated heterocycles. The van der Waals surface area contributed by atoms with Crippen molar-refractivity contribution in [2.45, 2.75) is 6.92 Å². The molecule has 2 rings (SSSR count). The molecule has 0 atom stereocenters. The van der Waals surface area contributed by atoms with E-state index in [0.29, 0.717) is 0 Å². The first-order valence-corrected chi connectivity index (χ1v) is 3.81. The predicted octanol–water partition coefficient (Wildman–Crippen LogP) is 2.65. The van der Waals surface area contributed by atoms with Gasteiger partial charge in [0.15, 0.2) is 0 Å². The summed E-state index contributed by atoms with van der Waals surface area (Å²) in [6.45, 7) is 2.02. The largest absolute Gasteiger partial charge is 0.472 e. The Morgan fingerprint density at radius 1 is 1.25 bits per heavy atom. The van der Waals surface area contributed by atoms with Gasteiger partial charge in [0.1, 0.15) is 0 Å². The molecule has 0 amide bonds. The van der Waals surface area contributed by atoms with Gasteiger partial charge in [-0.3, -0.25) is 4.98 Å². The maximum Gasteiger partial charge on any atom is 0.0996 e. The summed E-state index contributed by atoms with van der Waals surface area (Å²) in [6, 6.07) is 5.92. The number of hydrogen-bond donors (Lipinski definition) is 0. The Kier molecular flexibility index (Phi) is 1.67. The van der Waals surface area contributed by atoms with Crippen LogP contribution >= 0.6 is 0 Å². The quantitative estimate of drug-likeness (QED) is 0.639. The van der Waals surface area contributed by atoms with Gasteiger partial charge in [0.25, 0.3) is 0 Å². The maximum absolute atomic E-state index is 4.96. The van der Waals surface area contributed by atoms with Crippen molar-refractivity contribution in [3.05, 3.63) is 42.5 Å². The molecular formula is C10H9NO. The SMILES string of the molecule is Cc1ccc(-c2ccoc2)nc1. The lowest BCUT2D eigenvalue weighted by Crippen LogP contribution is -1.80. The van der Waals surface area contributed by atoms with Gasteiger partial charge in [-0.1, -0.05) is 6.07 Å². The van der Waals surface area contributed by atoms with E-state index in [2.05, 4.69) is 4.98 Å². The molecule has 0 saturated carbocycles. The third kappa shape index (κ3) is 1.23. The second-order valence-electron chi connectivity index (χ2n) is 2.73. The van der Waals surface area contributed by atoms with E-state index >= 15 is 0 Å². The summed E-state index contributed by atoms with van der Waals surface area (Å²) in [4.78, 5) is 4.26. The van der Waals surface area contributed by atoms with Crippen LogP contribution in [0.2, 0.25) is 0 Å². The van der Waals surface area contributed by atoms with Gasteiger partial charge in [-0.05, 0) is 24.6 Å². The molecule has 0 unspecified atom stereocenters. The number of hydrogen-bond acceptors (Lipinski definition) is 2. The fourth-order valence-corrected chi connectivity index (χ4v) is 1.05. The van der Waals surface area contributed by atoms with Gasteiger partial charge in [0.2, 0.25) is 0 Å². The number of aryl methyl sites for hydroxylation is 1. The number of nitrogens with zero attached hydrogens (tertiary/aromatic N) is 1. The van der Waals surface area contributed by atoms with Crippen LogP contribution in [0.25, 0.3) is 11.3 Å². The second-order valence-corrected chi connectivity index (χ2v) is 2.73. The zero-order valence-electron chi connectivity index (χ0n) is 6.82. The molecule has 0 spiro atoms. The van der Waals surface area contributed by atoms with E-state index in [1.54, 1.807) is 12.5 Å². The number of pyridine rings is 1. The molecule has 2 nitrogen and oxygen atoms in total. The van der Waals surface area contributed by atoms with Crippen molar-refractivity contribution in [2.75, 3.05) is 0 Å². The monoisotopic (exact) mass is 159 g/mol. The van der Waals surface area contributed by atoms with E-state index in [0.717, 1.165) is 11.3 Å². The van der Waals surface area contributed by atoms with Crippen LogP contribution in [0.3, 0.4) is 0 Å². The van der Waals surface area contributed by atoms with Crippen LogP contribution in [-0.4, -0.2) is 4.98 Å². The minimum Gasteiger partial charge on any atom is -0.472 e. The zero-order valence-corrected chi connectivity index (χ0v) is 6.82. The molecule has 0 aliphatic carbocycles. The van der Waals surface area contributed by atoms with Gasteiger partial charge < -0.3 is 4.42 Å². The Bertz CT molecular complexity index is 348. The smallest absolute Gasteiger partial charge is 0.0996 e. The molecule has 2 heteroatoms. The van der Waals surface area contributed by atoms with E-state index < -0.39 is 0 Å². The standard InChI is InChI=1S/C10H9NO/c1-8-2-3-10(11-6-8)9-4-5-12-7-9/h2-7H,1H3. The number of rotatable bonds is 1. The van der Waals surface area contributed by atoms with Crippen LogP contribution < -0.4 is 0 Å². The summed E-state index contributed by atoms with van der Waals surface area (Å²) in [5, 5.41) is 0. The molecule has 0 bridgehead atoms. The van der Waals surface area contributed by atoms with Crippen LogP contribution in [0, 0.1) is 6.92 Å². The minimum absolute atomic E-state index is 0.953. The molecular weight excluding hydrogens is 150 g/mol. The van der Waals surface area contributed by atoms with Gasteiger partial charge in [-0.2, -0.15) is 0 Å². The first-order chi connectivity index (χ1) is 5.86. The molecule has 60 valence electrons. The molecule has 2 heterocycles. The lowest BCUT2D eigenvalue weighted by atomic mass is 10.2. The summed E-state index contributed by atoms with van der Waals surface area (Å²) < 4.78 is 4.96. The fraction of sp³-hybridized carbons (Fsp3) is 0.100. The van der Waals surface area contributed by atoms with Gasteiger partial charge in [0.05, 0.1) is 18.2 Å². The van der Waals surface area contributed by atoms with Crippen molar-refractivity contribution < 1.29 is 4.42 Å². The molecule has 2 aromatic rings. The van der Waals surface area contributed by atoms with Crippen LogP contribution in [0.1, 0.15) is 5.56 Å². The van der Waals surface area contributed by atoms with Crippen LogP contribution in [0.4, 0.5) is 0 Å². The molecule has 0 N–H and O–H groups in total. The Balaban J connectivity index is 2.43. The van der Waals surface area contributed by atoms with Gasteiger partial charge >= 0.3 is 0 Å².